The van der Waals surface area contributed by atoms with Crippen LogP contribution in [0.2, 0.25) is 0 Å². The van der Waals surface area contributed by atoms with Crippen molar-refractivity contribution in [2.45, 2.75) is 76.9 Å². The van der Waals surface area contributed by atoms with Crippen LogP contribution in [0.3, 0.4) is 0 Å². The van der Waals surface area contributed by atoms with Gasteiger partial charge >= 0.3 is 0 Å². The van der Waals surface area contributed by atoms with Gasteiger partial charge in [-0.2, -0.15) is 0 Å². The highest BCUT2D eigenvalue weighted by Gasteiger charge is 2.23. The standard InChI is InChI=1S/C14H28N2/c1-12-6-3-4-11-16(12)13(2)7-5-10-15-14-8-9-14/h12-15H,3-11H2,1-2H3. The van der Waals surface area contributed by atoms with E-state index < -0.39 is 0 Å². The van der Waals surface area contributed by atoms with Gasteiger partial charge in [0.15, 0.2) is 0 Å². The maximum atomic E-state index is 3.61. The highest BCUT2D eigenvalue weighted by Crippen LogP contribution is 2.21. The lowest BCUT2D eigenvalue weighted by atomic mass is 10.00. The SMILES string of the molecule is CC1CCCCN1C(C)CCCNC1CC1. The second-order valence-corrected chi connectivity index (χ2v) is 5.80. The highest BCUT2D eigenvalue weighted by atomic mass is 15.2. The third kappa shape index (κ3) is 3.74. The second-order valence-electron chi connectivity index (χ2n) is 5.80. The van der Waals surface area contributed by atoms with E-state index in [4.69, 9.17) is 0 Å². The summed E-state index contributed by atoms with van der Waals surface area (Å²) in [5.74, 6) is 0. The molecule has 0 aromatic carbocycles. The predicted molar refractivity (Wildman–Crippen MR) is 69.7 cm³/mol. The molecule has 1 heterocycles. The molecule has 16 heavy (non-hydrogen) atoms. The summed E-state index contributed by atoms with van der Waals surface area (Å²) < 4.78 is 0. The summed E-state index contributed by atoms with van der Waals surface area (Å²) in [6.07, 6.45) is 9.80. The molecular weight excluding hydrogens is 196 g/mol. The molecule has 2 nitrogen and oxygen atoms in total. The minimum Gasteiger partial charge on any atom is -0.314 e. The van der Waals surface area contributed by atoms with Crippen molar-refractivity contribution in [3.8, 4) is 0 Å². The number of piperidine rings is 1. The fourth-order valence-corrected chi connectivity index (χ4v) is 2.93. The van der Waals surface area contributed by atoms with Crippen molar-refractivity contribution in [1.29, 1.82) is 0 Å². The molecule has 2 fully saturated rings. The fourth-order valence-electron chi connectivity index (χ4n) is 2.93. The molecule has 0 spiro atoms. The van der Waals surface area contributed by atoms with Crippen molar-refractivity contribution >= 4 is 0 Å². The maximum Gasteiger partial charge on any atom is 0.00702 e. The van der Waals surface area contributed by atoms with E-state index in [2.05, 4.69) is 24.1 Å². The first-order valence-corrected chi connectivity index (χ1v) is 7.26. The van der Waals surface area contributed by atoms with E-state index in [0.717, 1.165) is 18.1 Å². The van der Waals surface area contributed by atoms with Gasteiger partial charge < -0.3 is 5.32 Å². The summed E-state index contributed by atoms with van der Waals surface area (Å²) in [6.45, 7) is 7.38. The zero-order chi connectivity index (χ0) is 11.4. The monoisotopic (exact) mass is 224 g/mol. The molecule has 2 rings (SSSR count). The molecule has 1 aliphatic heterocycles. The summed E-state index contributed by atoms with van der Waals surface area (Å²) in [4.78, 5) is 2.72. The van der Waals surface area contributed by atoms with Crippen LogP contribution in [0.15, 0.2) is 0 Å². The van der Waals surface area contributed by atoms with Crippen LogP contribution in [0.5, 0.6) is 0 Å². The predicted octanol–water partition coefficient (Wildman–Crippen LogP) is 2.78. The molecule has 0 amide bonds. The van der Waals surface area contributed by atoms with Crippen LogP contribution in [0.4, 0.5) is 0 Å². The Labute approximate surface area is 101 Å². The largest absolute Gasteiger partial charge is 0.314 e. The summed E-state index contributed by atoms with van der Waals surface area (Å²) in [5, 5.41) is 3.61. The van der Waals surface area contributed by atoms with Crippen LogP contribution in [0, 0.1) is 0 Å². The first kappa shape index (κ1) is 12.4. The lowest BCUT2D eigenvalue weighted by Crippen LogP contribution is -2.43. The Balaban J connectivity index is 1.59. The Morgan fingerprint density at radius 3 is 2.75 bits per heavy atom. The molecule has 0 aromatic heterocycles. The molecule has 1 aliphatic carbocycles. The normalized spacial score (nSPS) is 29.2. The molecule has 1 saturated heterocycles. The zero-order valence-electron chi connectivity index (χ0n) is 11.0. The van der Waals surface area contributed by atoms with E-state index in [1.807, 2.05) is 0 Å². The van der Waals surface area contributed by atoms with Crippen LogP contribution >= 0.6 is 0 Å². The average Bonchev–Trinajstić information content (AvgIpc) is 3.08. The van der Waals surface area contributed by atoms with Crippen molar-refractivity contribution in [2.75, 3.05) is 13.1 Å². The Bertz CT molecular complexity index is 201. The second kappa shape index (κ2) is 6.02. The van der Waals surface area contributed by atoms with Gasteiger partial charge in [-0.25, -0.2) is 0 Å². The van der Waals surface area contributed by atoms with Gasteiger partial charge in [-0.05, 0) is 65.5 Å². The van der Waals surface area contributed by atoms with Crippen molar-refractivity contribution in [2.24, 2.45) is 0 Å². The smallest absolute Gasteiger partial charge is 0.00702 e. The zero-order valence-corrected chi connectivity index (χ0v) is 11.0. The Hall–Kier alpha value is -0.0800. The van der Waals surface area contributed by atoms with Gasteiger partial charge in [-0.15, -0.1) is 0 Å². The number of rotatable bonds is 6. The minimum atomic E-state index is 0.788. The van der Waals surface area contributed by atoms with Gasteiger partial charge in [0, 0.05) is 18.1 Å². The van der Waals surface area contributed by atoms with E-state index in [1.54, 1.807) is 0 Å². The maximum absolute atomic E-state index is 3.61. The number of likely N-dealkylation sites (tertiary alicyclic amines) is 1. The molecule has 2 unspecified atom stereocenters. The van der Waals surface area contributed by atoms with Crippen molar-refractivity contribution in [3.05, 3.63) is 0 Å². The molecule has 0 aromatic rings. The first-order valence-electron chi connectivity index (χ1n) is 7.26. The van der Waals surface area contributed by atoms with Crippen LogP contribution < -0.4 is 5.32 Å². The van der Waals surface area contributed by atoms with Gasteiger partial charge in [-0.1, -0.05) is 6.42 Å². The van der Waals surface area contributed by atoms with Crippen molar-refractivity contribution in [1.82, 2.24) is 10.2 Å². The van der Waals surface area contributed by atoms with Crippen molar-refractivity contribution in [3.63, 3.8) is 0 Å². The Morgan fingerprint density at radius 2 is 2.06 bits per heavy atom. The summed E-state index contributed by atoms with van der Waals surface area (Å²) >= 11 is 0. The van der Waals surface area contributed by atoms with Gasteiger partial charge in [-0.3, -0.25) is 4.90 Å². The third-order valence-electron chi connectivity index (χ3n) is 4.23. The van der Waals surface area contributed by atoms with Gasteiger partial charge in [0.2, 0.25) is 0 Å². The Kier molecular flexibility index (Phi) is 4.66. The molecule has 2 heteroatoms. The van der Waals surface area contributed by atoms with Gasteiger partial charge in [0.25, 0.3) is 0 Å². The van der Waals surface area contributed by atoms with E-state index in [1.165, 1.54) is 58.0 Å². The average molecular weight is 224 g/mol. The summed E-state index contributed by atoms with van der Waals surface area (Å²) in [6, 6.07) is 2.49. The summed E-state index contributed by atoms with van der Waals surface area (Å²) in [7, 11) is 0. The first-order chi connectivity index (χ1) is 7.77. The van der Waals surface area contributed by atoms with Crippen LogP contribution in [0.1, 0.15) is 58.8 Å². The molecular formula is C14H28N2. The fraction of sp³-hybridized carbons (Fsp3) is 1.00. The topological polar surface area (TPSA) is 15.3 Å². The number of nitrogens with zero attached hydrogens (tertiary/aromatic N) is 1. The quantitative estimate of drug-likeness (QED) is 0.698. The van der Waals surface area contributed by atoms with E-state index in [0.29, 0.717) is 0 Å². The minimum absolute atomic E-state index is 0.788. The molecule has 1 saturated carbocycles. The lowest BCUT2D eigenvalue weighted by Gasteiger charge is -2.38. The molecule has 94 valence electrons. The third-order valence-corrected chi connectivity index (χ3v) is 4.23. The van der Waals surface area contributed by atoms with E-state index in [-0.39, 0.29) is 0 Å². The number of hydrogen-bond acceptors (Lipinski definition) is 2. The molecule has 0 bridgehead atoms. The van der Waals surface area contributed by atoms with Crippen LogP contribution in [0.25, 0.3) is 0 Å². The lowest BCUT2D eigenvalue weighted by molar-refractivity contribution is 0.108. The van der Waals surface area contributed by atoms with E-state index in [9.17, 15) is 0 Å². The van der Waals surface area contributed by atoms with E-state index >= 15 is 0 Å². The summed E-state index contributed by atoms with van der Waals surface area (Å²) in [5.41, 5.74) is 0. The van der Waals surface area contributed by atoms with Crippen LogP contribution in [-0.2, 0) is 0 Å². The van der Waals surface area contributed by atoms with Crippen LogP contribution in [-0.4, -0.2) is 36.1 Å². The molecule has 2 aliphatic rings. The van der Waals surface area contributed by atoms with Gasteiger partial charge in [0.1, 0.15) is 0 Å². The Morgan fingerprint density at radius 1 is 1.25 bits per heavy atom. The number of hydrogen-bond donors (Lipinski definition) is 1. The highest BCUT2D eigenvalue weighted by molar-refractivity contribution is 4.81. The molecule has 2 atom stereocenters. The number of nitrogens with one attached hydrogen (secondary N) is 1. The van der Waals surface area contributed by atoms with Crippen molar-refractivity contribution < 1.29 is 0 Å². The molecule has 0 radical (unpaired) electrons. The van der Waals surface area contributed by atoms with Gasteiger partial charge in [0.05, 0.1) is 0 Å². The molecule has 1 N–H and O–H groups in total.